The molecular weight excluding hydrogens is 705 g/mol. The Morgan fingerprint density at radius 2 is 1.49 bits per heavy atom. The maximum absolute atomic E-state index is 4.79. The third-order valence-electron chi connectivity index (χ3n) is 7.80. The fourth-order valence-corrected chi connectivity index (χ4v) is 5.59. The van der Waals surface area contributed by atoms with Gasteiger partial charge in [0.05, 0.1) is 11.2 Å². The molecule has 0 amide bonds. The van der Waals surface area contributed by atoms with Crippen molar-refractivity contribution in [2.45, 2.75) is 33.1 Å². The van der Waals surface area contributed by atoms with Crippen LogP contribution in [-0.2, 0) is 25.5 Å². The molecule has 0 unspecified atom stereocenters. The summed E-state index contributed by atoms with van der Waals surface area (Å²) >= 11 is 0. The Hall–Kier alpha value is -4.44. The molecule has 5 heterocycles. The first-order valence-electron chi connectivity index (χ1n) is 14.2. The summed E-state index contributed by atoms with van der Waals surface area (Å²) in [4.78, 5) is 13.6. The predicted molar refractivity (Wildman–Crippen MR) is 173 cm³/mol. The maximum Gasteiger partial charge on any atom is 0.0604 e. The van der Waals surface area contributed by atoms with Gasteiger partial charge < -0.3 is 19.4 Å². The van der Waals surface area contributed by atoms with Crippen LogP contribution in [0.4, 0.5) is 0 Å². The van der Waals surface area contributed by atoms with Gasteiger partial charge in [0.1, 0.15) is 0 Å². The first kappa shape index (κ1) is 28.7. The molecule has 5 heteroatoms. The van der Waals surface area contributed by atoms with Crippen molar-refractivity contribution < 1.29 is 20.1 Å². The fourth-order valence-electron chi connectivity index (χ4n) is 5.59. The zero-order chi connectivity index (χ0) is 28.8. The number of rotatable bonds is 2. The van der Waals surface area contributed by atoms with E-state index in [1.54, 1.807) is 6.20 Å². The van der Waals surface area contributed by atoms with Crippen LogP contribution < -0.4 is 0 Å². The second-order valence-corrected chi connectivity index (χ2v) is 11.7. The zero-order valence-electron chi connectivity index (χ0n) is 24.5. The van der Waals surface area contributed by atoms with Gasteiger partial charge in [-0.2, -0.15) is 0 Å². The van der Waals surface area contributed by atoms with Crippen LogP contribution in [-0.4, -0.2) is 19.4 Å². The first-order chi connectivity index (χ1) is 20.4. The summed E-state index contributed by atoms with van der Waals surface area (Å²) in [5.74, 6) is 0. The van der Waals surface area contributed by atoms with Crippen molar-refractivity contribution in [2.24, 2.45) is 0 Å². The van der Waals surface area contributed by atoms with Crippen molar-refractivity contribution in [3.63, 3.8) is 0 Å². The predicted octanol–water partition coefficient (Wildman–Crippen LogP) is 9.25. The number of hydrogen-bond donors (Lipinski definition) is 0. The minimum Gasteiger partial charge on any atom is -0.335 e. The molecule has 43 heavy (non-hydrogen) atoms. The first-order valence-corrected chi connectivity index (χ1v) is 14.2. The molecule has 0 bridgehead atoms. The van der Waals surface area contributed by atoms with Gasteiger partial charge in [-0.15, -0.1) is 47.5 Å². The van der Waals surface area contributed by atoms with Gasteiger partial charge in [-0.25, -0.2) is 0 Å². The van der Waals surface area contributed by atoms with Crippen LogP contribution in [0.5, 0.6) is 0 Å². The Bertz CT molecular complexity index is 2120. The van der Waals surface area contributed by atoms with E-state index in [1.165, 1.54) is 32.8 Å². The number of pyridine rings is 3. The molecular formula is C38H30IrN4-2. The van der Waals surface area contributed by atoms with Crippen molar-refractivity contribution in [1.82, 2.24) is 19.4 Å². The molecule has 0 fully saturated rings. The van der Waals surface area contributed by atoms with E-state index in [-0.39, 0.29) is 25.5 Å². The zero-order valence-corrected chi connectivity index (χ0v) is 26.9. The smallest absolute Gasteiger partial charge is 0.0604 e. The minimum atomic E-state index is 0. The van der Waals surface area contributed by atoms with E-state index in [0.717, 1.165) is 39.1 Å². The minimum absolute atomic E-state index is 0. The van der Waals surface area contributed by atoms with Crippen LogP contribution in [0.15, 0.2) is 109 Å². The quantitative estimate of drug-likeness (QED) is 0.167. The number of para-hydroxylation sites is 1. The number of fused-ring (bicyclic) bond motifs is 6. The van der Waals surface area contributed by atoms with Gasteiger partial charge in [0.15, 0.2) is 0 Å². The third-order valence-corrected chi connectivity index (χ3v) is 7.80. The second-order valence-electron chi connectivity index (χ2n) is 11.7. The van der Waals surface area contributed by atoms with E-state index < -0.39 is 0 Å². The summed E-state index contributed by atoms with van der Waals surface area (Å²) in [6.45, 7) is 8.83. The van der Waals surface area contributed by atoms with Gasteiger partial charge >= 0.3 is 0 Å². The standard InChI is InChI=1S/C27H22N3.C11H8N.Ir/c1-16-8-10-23(28-14-16)17-12-22-20-7-5-6-19-21-13-18(27(2,3)4)9-11-24(21)30(25(19)20)26(22)29-15-17;1-2-6-10(7-3-1)11-8-4-5-9-12-11;/h5-14H,1-4H3;1-6,8-9H;/q2*-1;. The molecule has 0 aliphatic heterocycles. The van der Waals surface area contributed by atoms with Crippen LogP contribution in [0.1, 0.15) is 31.9 Å². The van der Waals surface area contributed by atoms with E-state index in [0.29, 0.717) is 0 Å². The Morgan fingerprint density at radius 3 is 2.19 bits per heavy atom. The molecule has 8 rings (SSSR count). The number of nitrogens with zero attached hydrogens (tertiary/aromatic N) is 4. The van der Waals surface area contributed by atoms with Crippen molar-refractivity contribution in [3.8, 4) is 22.5 Å². The summed E-state index contributed by atoms with van der Waals surface area (Å²) in [5.41, 5.74) is 9.84. The fraction of sp³-hybridized carbons (Fsp3) is 0.132. The van der Waals surface area contributed by atoms with Crippen molar-refractivity contribution in [1.29, 1.82) is 0 Å². The van der Waals surface area contributed by atoms with Crippen LogP contribution >= 0.6 is 0 Å². The molecule has 0 spiro atoms. The van der Waals surface area contributed by atoms with Gasteiger partial charge in [0.25, 0.3) is 0 Å². The summed E-state index contributed by atoms with van der Waals surface area (Å²) in [6, 6.07) is 36.5. The van der Waals surface area contributed by atoms with E-state index >= 15 is 0 Å². The van der Waals surface area contributed by atoms with Crippen molar-refractivity contribution >= 4 is 38.2 Å². The summed E-state index contributed by atoms with van der Waals surface area (Å²) in [5, 5.41) is 4.94. The maximum atomic E-state index is 4.79. The molecule has 4 nitrogen and oxygen atoms in total. The Labute approximate surface area is 265 Å². The van der Waals surface area contributed by atoms with E-state index in [4.69, 9.17) is 4.98 Å². The molecule has 8 aromatic rings. The summed E-state index contributed by atoms with van der Waals surface area (Å²) in [6.07, 6.45) is 6.92. The molecule has 0 saturated carbocycles. The third kappa shape index (κ3) is 5.20. The molecule has 213 valence electrons. The molecule has 1 radical (unpaired) electrons. The van der Waals surface area contributed by atoms with Gasteiger partial charge in [-0.3, -0.25) is 0 Å². The summed E-state index contributed by atoms with van der Waals surface area (Å²) < 4.78 is 2.30. The number of benzene rings is 3. The van der Waals surface area contributed by atoms with Gasteiger partial charge in [0.2, 0.25) is 0 Å². The molecule has 0 N–H and O–H groups in total. The van der Waals surface area contributed by atoms with Crippen molar-refractivity contribution in [3.05, 3.63) is 133 Å². The molecule has 3 aromatic carbocycles. The van der Waals surface area contributed by atoms with Crippen LogP contribution in [0, 0.1) is 19.2 Å². The Balaban J connectivity index is 0.000000213. The van der Waals surface area contributed by atoms with E-state index in [9.17, 15) is 0 Å². The summed E-state index contributed by atoms with van der Waals surface area (Å²) in [7, 11) is 0. The monoisotopic (exact) mass is 735 g/mol. The van der Waals surface area contributed by atoms with Crippen molar-refractivity contribution in [2.75, 3.05) is 0 Å². The number of aryl methyl sites for hydroxylation is 1. The topological polar surface area (TPSA) is 43.1 Å². The van der Waals surface area contributed by atoms with Gasteiger partial charge in [-0.1, -0.05) is 74.7 Å². The largest absolute Gasteiger partial charge is 0.335 e. The van der Waals surface area contributed by atoms with Gasteiger partial charge in [0, 0.05) is 48.8 Å². The Morgan fingerprint density at radius 1 is 0.698 bits per heavy atom. The number of aromatic nitrogens is 4. The van der Waals surface area contributed by atoms with Crippen LogP contribution in [0.3, 0.4) is 0 Å². The number of hydrogen-bond acceptors (Lipinski definition) is 3. The molecule has 5 aromatic heterocycles. The van der Waals surface area contributed by atoms with E-state index in [1.807, 2.05) is 61.7 Å². The molecule has 0 atom stereocenters. The Kier molecular flexibility index (Phi) is 7.55. The normalized spacial score (nSPS) is 11.5. The average Bonchev–Trinajstić information content (AvgIpc) is 3.54. The molecule has 0 aliphatic carbocycles. The van der Waals surface area contributed by atoms with Crippen LogP contribution in [0.25, 0.3) is 60.7 Å². The SMILES string of the molecule is Cc1ccc(-c2[c-]nc3c(c2)c2cccc4c5cc(C(C)(C)C)ccc5n3c42)nc1.[Ir].[c-]1ccccc1-c1ccccn1. The molecule has 0 saturated heterocycles. The second kappa shape index (κ2) is 11.3. The van der Waals surface area contributed by atoms with Crippen LogP contribution in [0.2, 0.25) is 0 Å². The average molecular weight is 735 g/mol. The van der Waals surface area contributed by atoms with E-state index in [2.05, 4.69) is 95.9 Å². The molecule has 0 aliphatic rings. The van der Waals surface area contributed by atoms with Gasteiger partial charge in [-0.05, 0) is 64.6 Å².